The molecule has 0 saturated carbocycles. The molecule has 0 spiro atoms. The maximum atomic E-state index is 14.1. The number of hydrogen-bond acceptors (Lipinski definition) is 5. The average Bonchev–Trinajstić information content (AvgIpc) is 3.37. The van der Waals surface area contributed by atoms with E-state index in [-0.39, 0.29) is 6.04 Å². The van der Waals surface area contributed by atoms with Crippen LogP contribution in [0.15, 0.2) is 67.1 Å². The topological polar surface area (TPSA) is 84.3 Å². The Labute approximate surface area is 198 Å². The summed E-state index contributed by atoms with van der Waals surface area (Å²) in [7, 11) is 0. The molecule has 174 valence electrons. The van der Waals surface area contributed by atoms with Gasteiger partial charge in [-0.1, -0.05) is 12.6 Å². The van der Waals surface area contributed by atoms with Crippen LogP contribution in [0.2, 0.25) is 0 Å². The Hall–Kier alpha value is -4.05. The van der Waals surface area contributed by atoms with Gasteiger partial charge in [0.25, 0.3) is 0 Å². The summed E-state index contributed by atoms with van der Waals surface area (Å²) in [4.78, 5) is 15.4. The average molecular weight is 459 g/mol. The quantitative estimate of drug-likeness (QED) is 0.506. The third kappa shape index (κ3) is 4.15. The Morgan fingerprint density at radius 2 is 2.03 bits per heavy atom. The largest absolute Gasteiger partial charge is 0.443 e. The summed E-state index contributed by atoms with van der Waals surface area (Å²) in [6, 6.07) is 13.5. The highest BCUT2D eigenvalue weighted by Gasteiger charge is 2.31. The minimum atomic E-state index is -0.728. The fourth-order valence-corrected chi connectivity index (χ4v) is 4.50. The molecule has 1 saturated heterocycles. The van der Waals surface area contributed by atoms with E-state index in [0.29, 0.717) is 27.7 Å². The molecule has 0 bridgehead atoms. The molecular weight excluding hydrogens is 431 g/mol. The van der Waals surface area contributed by atoms with Gasteiger partial charge in [-0.2, -0.15) is 5.26 Å². The number of fused-ring (bicyclic) bond motifs is 1. The predicted molar refractivity (Wildman–Crippen MR) is 130 cm³/mol. The molecule has 0 aliphatic carbocycles. The van der Waals surface area contributed by atoms with Gasteiger partial charge in [-0.25, -0.2) is 13.8 Å². The van der Waals surface area contributed by atoms with E-state index in [2.05, 4.69) is 12.6 Å². The summed E-state index contributed by atoms with van der Waals surface area (Å²) in [6.45, 7) is 9.31. The predicted octanol–water partition coefficient (Wildman–Crippen LogP) is 6.18. The second kappa shape index (κ2) is 8.71. The molecule has 2 N–H and O–H groups in total. The van der Waals surface area contributed by atoms with Gasteiger partial charge in [-0.15, -0.1) is 0 Å². The summed E-state index contributed by atoms with van der Waals surface area (Å²) in [6.07, 6.45) is 4.29. The molecule has 1 atom stereocenters. The molecule has 1 aliphatic heterocycles. The number of carbonyl (C=O) groups is 1. The molecule has 3 aromatic rings. The number of nitriles is 1. The van der Waals surface area contributed by atoms with Crippen LogP contribution in [0, 0.1) is 17.1 Å². The number of nitrogens with zero attached hydrogens (tertiary/aromatic N) is 3. The molecule has 1 fully saturated rings. The van der Waals surface area contributed by atoms with Gasteiger partial charge < -0.3 is 15.4 Å². The van der Waals surface area contributed by atoms with Crippen LogP contribution < -0.4 is 5.73 Å². The van der Waals surface area contributed by atoms with Gasteiger partial charge in [-0.05, 0) is 81.8 Å². The van der Waals surface area contributed by atoms with Crippen molar-refractivity contribution in [2.75, 3.05) is 0 Å². The highest BCUT2D eigenvalue weighted by Crippen LogP contribution is 2.43. The van der Waals surface area contributed by atoms with Crippen LogP contribution in [-0.4, -0.2) is 21.2 Å². The lowest BCUT2D eigenvalue weighted by Gasteiger charge is -2.26. The Kier molecular flexibility index (Phi) is 5.92. The van der Waals surface area contributed by atoms with E-state index in [1.165, 1.54) is 16.7 Å². The van der Waals surface area contributed by atoms with Crippen molar-refractivity contribution in [2.24, 2.45) is 5.73 Å². The van der Waals surface area contributed by atoms with Gasteiger partial charge in [-0.3, -0.25) is 0 Å². The molecule has 2 aromatic carbocycles. The second-order valence-electron chi connectivity index (χ2n) is 9.26. The SMILES string of the molecule is C=CN1/C(=C\N)CCC1c1ccc(C#N)cc1-c1cc2cc(F)ccc2n1C(=O)OC(C)(C)C. The van der Waals surface area contributed by atoms with Crippen LogP contribution in [0.25, 0.3) is 22.2 Å². The normalized spacial score (nSPS) is 17.2. The van der Waals surface area contributed by atoms with Crippen molar-refractivity contribution in [3.05, 3.63) is 84.1 Å². The third-order valence-electron chi connectivity index (χ3n) is 5.89. The first kappa shape index (κ1) is 23.1. The molecule has 7 heteroatoms. The van der Waals surface area contributed by atoms with Gasteiger partial charge in [0.05, 0.1) is 28.9 Å². The summed E-state index contributed by atoms with van der Waals surface area (Å²) >= 11 is 0. The molecule has 6 nitrogen and oxygen atoms in total. The number of halogens is 1. The maximum absolute atomic E-state index is 14.1. The first-order chi connectivity index (χ1) is 16.2. The van der Waals surface area contributed by atoms with E-state index >= 15 is 0 Å². The van der Waals surface area contributed by atoms with Gasteiger partial charge in [0.1, 0.15) is 11.4 Å². The molecule has 2 heterocycles. The Morgan fingerprint density at radius 1 is 1.26 bits per heavy atom. The number of likely N-dealkylation sites (tertiary alicyclic amines) is 1. The van der Waals surface area contributed by atoms with Crippen LogP contribution in [0.4, 0.5) is 9.18 Å². The third-order valence-corrected chi connectivity index (χ3v) is 5.89. The standard InChI is InChI=1S/C27H27FN4O2/c1-5-31-20(16-30)8-11-24(31)21-9-6-17(15-29)12-22(21)25-14-18-13-19(28)7-10-23(18)32(25)26(33)34-27(2,3)4/h5-7,9-10,12-14,16,24H,1,8,11,30H2,2-4H3/b20-16-. The van der Waals surface area contributed by atoms with Crippen LogP contribution >= 0.6 is 0 Å². The smallest absolute Gasteiger partial charge is 0.419 e. The van der Waals surface area contributed by atoms with E-state index in [0.717, 1.165) is 24.1 Å². The van der Waals surface area contributed by atoms with E-state index < -0.39 is 17.5 Å². The Bertz CT molecular complexity index is 1360. The van der Waals surface area contributed by atoms with Gasteiger partial charge in [0.15, 0.2) is 0 Å². The zero-order valence-corrected chi connectivity index (χ0v) is 19.5. The zero-order chi connectivity index (χ0) is 24.6. The minimum absolute atomic E-state index is 0.0862. The number of carbonyl (C=O) groups excluding carboxylic acids is 1. The van der Waals surface area contributed by atoms with Gasteiger partial charge in [0.2, 0.25) is 0 Å². The number of nitrogens with two attached hydrogens (primary N) is 1. The van der Waals surface area contributed by atoms with Crippen molar-refractivity contribution in [1.29, 1.82) is 5.26 Å². The Morgan fingerprint density at radius 3 is 2.68 bits per heavy atom. The monoisotopic (exact) mass is 458 g/mol. The molecule has 34 heavy (non-hydrogen) atoms. The lowest BCUT2D eigenvalue weighted by atomic mass is 9.94. The lowest BCUT2D eigenvalue weighted by molar-refractivity contribution is 0.0547. The maximum Gasteiger partial charge on any atom is 0.419 e. The molecule has 1 unspecified atom stereocenters. The molecule has 4 rings (SSSR count). The molecular formula is C27H27FN4O2. The van der Waals surface area contributed by atoms with Crippen molar-refractivity contribution in [3.63, 3.8) is 0 Å². The number of aromatic nitrogens is 1. The van der Waals surface area contributed by atoms with Crippen molar-refractivity contribution < 1.29 is 13.9 Å². The fraction of sp³-hybridized carbons (Fsp3) is 0.259. The number of hydrogen-bond donors (Lipinski definition) is 1. The fourth-order valence-electron chi connectivity index (χ4n) is 4.50. The summed E-state index contributed by atoms with van der Waals surface area (Å²) in [5, 5.41) is 10.2. The van der Waals surface area contributed by atoms with E-state index in [1.807, 2.05) is 11.0 Å². The zero-order valence-electron chi connectivity index (χ0n) is 19.5. The highest BCUT2D eigenvalue weighted by molar-refractivity contribution is 5.97. The summed E-state index contributed by atoms with van der Waals surface area (Å²) in [5.74, 6) is -0.405. The summed E-state index contributed by atoms with van der Waals surface area (Å²) in [5.41, 5.74) is 9.14. The minimum Gasteiger partial charge on any atom is -0.443 e. The number of allylic oxidation sites excluding steroid dienone is 1. The first-order valence-corrected chi connectivity index (χ1v) is 11.1. The number of ether oxygens (including phenoxy) is 1. The van der Waals surface area contributed by atoms with E-state index in [9.17, 15) is 14.4 Å². The van der Waals surface area contributed by atoms with Crippen molar-refractivity contribution in [1.82, 2.24) is 9.47 Å². The van der Waals surface area contributed by atoms with Crippen LogP contribution in [0.5, 0.6) is 0 Å². The lowest BCUT2D eigenvalue weighted by Crippen LogP contribution is -2.27. The Balaban J connectivity index is 1.99. The molecule has 0 amide bonds. The number of benzene rings is 2. The van der Waals surface area contributed by atoms with Crippen LogP contribution in [0.3, 0.4) is 0 Å². The van der Waals surface area contributed by atoms with Crippen LogP contribution in [0.1, 0.15) is 50.8 Å². The molecule has 1 aliphatic rings. The second-order valence-corrected chi connectivity index (χ2v) is 9.26. The molecule has 0 radical (unpaired) electrons. The van der Waals surface area contributed by atoms with E-state index in [1.54, 1.807) is 57.4 Å². The summed E-state index contributed by atoms with van der Waals surface area (Å²) < 4.78 is 21.2. The van der Waals surface area contributed by atoms with Crippen molar-refractivity contribution in [3.8, 4) is 17.3 Å². The highest BCUT2D eigenvalue weighted by atomic mass is 19.1. The van der Waals surface area contributed by atoms with Crippen molar-refractivity contribution in [2.45, 2.75) is 45.3 Å². The van der Waals surface area contributed by atoms with Gasteiger partial charge in [0, 0.05) is 22.8 Å². The van der Waals surface area contributed by atoms with E-state index in [4.69, 9.17) is 10.5 Å². The van der Waals surface area contributed by atoms with Gasteiger partial charge >= 0.3 is 6.09 Å². The van der Waals surface area contributed by atoms with Crippen molar-refractivity contribution >= 4 is 17.0 Å². The first-order valence-electron chi connectivity index (χ1n) is 11.1. The molecule has 1 aromatic heterocycles. The number of rotatable bonds is 3. The van der Waals surface area contributed by atoms with Crippen LogP contribution in [-0.2, 0) is 4.74 Å².